The molecule has 3 rings (SSSR count). The van der Waals surface area contributed by atoms with E-state index in [2.05, 4.69) is 27.5 Å². The van der Waals surface area contributed by atoms with Gasteiger partial charge in [-0.1, -0.05) is 17.4 Å². The molecule has 0 saturated heterocycles. The SMILES string of the molecule is C=CCn1c(=NC(=O)c2ccc(Br)s2)sc2cc(C(=O)OC)ccc21. The average Bonchev–Trinajstić information content (AvgIpc) is 3.18. The number of rotatable bonds is 4. The molecule has 0 aliphatic carbocycles. The molecule has 1 amide bonds. The molecule has 25 heavy (non-hydrogen) atoms. The Morgan fingerprint density at radius 2 is 2.12 bits per heavy atom. The van der Waals surface area contributed by atoms with Crippen LogP contribution in [0.2, 0.25) is 0 Å². The normalized spacial score (nSPS) is 11.7. The number of allylic oxidation sites excluding steroid dienone is 1. The van der Waals surface area contributed by atoms with Gasteiger partial charge in [-0.25, -0.2) is 4.79 Å². The van der Waals surface area contributed by atoms with E-state index < -0.39 is 5.97 Å². The van der Waals surface area contributed by atoms with Gasteiger partial charge in [-0.2, -0.15) is 4.99 Å². The van der Waals surface area contributed by atoms with Crippen LogP contribution >= 0.6 is 38.6 Å². The number of aromatic nitrogens is 1. The number of nitrogens with zero attached hydrogens (tertiary/aromatic N) is 2. The maximum absolute atomic E-state index is 12.4. The predicted molar refractivity (Wildman–Crippen MR) is 103 cm³/mol. The molecule has 0 saturated carbocycles. The highest BCUT2D eigenvalue weighted by atomic mass is 79.9. The van der Waals surface area contributed by atoms with Gasteiger partial charge in [-0.15, -0.1) is 17.9 Å². The number of esters is 1. The van der Waals surface area contributed by atoms with Crippen molar-refractivity contribution in [3.05, 3.63) is 62.0 Å². The fourth-order valence-corrected chi connectivity index (χ4v) is 4.63. The largest absolute Gasteiger partial charge is 0.465 e. The molecule has 8 heteroatoms. The third-order valence-corrected chi connectivity index (χ3v) is 6.05. The fourth-order valence-electron chi connectivity index (χ4n) is 2.28. The van der Waals surface area contributed by atoms with Crippen molar-refractivity contribution < 1.29 is 14.3 Å². The molecule has 0 atom stereocenters. The molecule has 0 radical (unpaired) electrons. The van der Waals surface area contributed by atoms with Crippen LogP contribution in [-0.2, 0) is 11.3 Å². The van der Waals surface area contributed by atoms with Crippen LogP contribution in [-0.4, -0.2) is 23.6 Å². The van der Waals surface area contributed by atoms with E-state index in [0.29, 0.717) is 21.8 Å². The molecule has 0 unspecified atom stereocenters. The Morgan fingerprint density at radius 3 is 2.76 bits per heavy atom. The van der Waals surface area contributed by atoms with Crippen LogP contribution in [0.3, 0.4) is 0 Å². The standard InChI is InChI=1S/C17H13BrN2O3S2/c1-3-8-20-11-5-4-10(16(22)23-2)9-13(11)25-17(20)19-15(21)12-6-7-14(18)24-12/h3-7,9H,1,8H2,2H3. The van der Waals surface area contributed by atoms with Gasteiger partial charge in [0.1, 0.15) is 0 Å². The van der Waals surface area contributed by atoms with Gasteiger partial charge in [-0.3, -0.25) is 4.79 Å². The molecule has 3 aromatic rings. The number of benzene rings is 1. The van der Waals surface area contributed by atoms with Crippen molar-refractivity contribution in [3.63, 3.8) is 0 Å². The number of fused-ring (bicyclic) bond motifs is 1. The van der Waals surface area contributed by atoms with Crippen molar-refractivity contribution >= 4 is 60.7 Å². The summed E-state index contributed by atoms with van der Waals surface area (Å²) in [5, 5.41) is 0. The first-order valence-electron chi connectivity index (χ1n) is 7.20. The first-order valence-corrected chi connectivity index (χ1v) is 9.63. The zero-order chi connectivity index (χ0) is 18.0. The van der Waals surface area contributed by atoms with Crippen LogP contribution in [0.1, 0.15) is 20.0 Å². The van der Waals surface area contributed by atoms with Gasteiger partial charge in [-0.05, 0) is 46.3 Å². The van der Waals surface area contributed by atoms with E-state index in [0.717, 1.165) is 14.0 Å². The van der Waals surface area contributed by atoms with Gasteiger partial charge in [0.15, 0.2) is 4.80 Å². The van der Waals surface area contributed by atoms with Crippen molar-refractivity contribution in [1.29, 1.82) is 0 Å². The monoisotopic (exact) mass is 436 g/mol. The molecule has 0 fully saturated rings. The quantitative estimate of drug-likeness (QED) is 0.453. The Bertz CT molecular complexity index is 1050. The van der Waals surface area contributed by atoms with Crippen molar-refractivity contribution in [2.45, 2.75) is 6.54 Å². The minimum atomic E-state index is -0.399. The summed E-state index contributed by atoms with van der Waals surface area (Å²) in [6, 6.07) is 8.83. The van der Waals surface area contributed by atoms with Gasteiger partial charge in [0.25, 0.3) is 5.91 Å². The van der Waals surface area contributed by atoms with E-state index in [4.69, 9.17) is 4.74 Å². The summed E-state index contributed by atoms with van der Waals surface area (Å²) in [5.74, 6) is -0.697. The lowest BCUT2D eigenvalue weighted by atomic mass is 10.2. The first kappa shape index (κ1) is 17.8. The van der Waals surface area contributed by atoms with Crippen molar-refractivity contribution in [2.75, 3.05) is 7.11 Å². The van der Waals surface area contributed by atoms with Crippen LogP contribution in [0.25, 0.3) is 10.2 Å². The number of halogens is 1. The van der Waals surface area contributed by atoms with Gasteiger partial charge in [0.2, 0.25) is 0 Å². The van der Waals surface area contributed by atoms with Crippen LogP contribution in [0.4, 0.5) is 0 Å². The second-order valence-electron chi connectivity index (χ2n) is 4.98. The third-order valence-electron chi connectivity index (χ3n) is 3.40. The minimum Gasteiger partial charge on any atom is -0.465 e. The maximum atomic E-state index is 12.4. The van der Waals surface area contributed by atoms with E-state index in [9.17, 15) is 9.59 Å². The minimum absolute atomic E-state index is 0.298. The summed E-state index contributed by atoms with van der Waals surface area (Å²) in [6.07, 6.45) is 1.74. The number of thiophene rings is 1. The molecular formula is C17H13BrN2O3S2. The van der Waals surface area contributed by atoms with Crippen LogP contribution in [0.5, 0.6) is 0 Å². The lowest BCUT2D eigenvalue weighted by Gasteiger charge is -2.02. The highest BCUT2D eigenvalue weighted by molar-refractivity contribution is 9.11. The molecule has 5 nitrogen and oxygen atoms in total. The summed E-state index contributed by atoms with van der Waals surface area (Å²) < 4.78 is 8.38. The Kier molecular flexibility index (Phi) is 5.31. The molecule has 0 bridgehead atoms. The van der Waals surface area contributed by atoms with Gasteiger partial charge in [0, 0.05) is 6.54 Å². The highest BCUT2D eigenvalue weighted by Gasteiger charge is 2.13. The Morgan fingerprint density at radius 1 is 1.32 bits per heavy atom. The van der Waals surface area contributed by atoms with E-state index >= 15 is 0 Å². The molecule has 1 aromatic carbocycles. The number of amides is 1. The predicted octanol–water partition coefficient (Wildman–Crippen LogP) is 4.24. The zero-order valence-electron chi connectivity index (χ0n) is 13.2. The Labute approximate surface area is 160 Å². The van der Waals surface area contributed by atoms with Crippen LogP contribution in [0, 0.1) is 0 Å². The Hall–Kier alpha value is -2.03. The first-order chi connectivity index (χ1) is 12.0. The molecule has 0 aliphatic heterocycles. The summed E-state index contributed by atoms with van der Waals surface area (Å²) in [4.78, 5) is 29.5. The summed E-state index contributed by atoms with van der Waals surface area (Å²) in [6.45, 7) is 4.27. The average molecular weight is 437 g/mol. The maximum Gasteiger partial charge on any atom is 0.337 e. The molecule has 0 N–H and O–H groups in total. The van der Waals surface area contributed by atoms with Crippen LogP contribution in [0.15, 0.2) is 51.8 Å². The number of methoxy groups -OCH3 is 1. The number of carbonyl (C=O) groups excluding carboxylic acids is 2. The van der Waals surface area contributed by atoms with Crippen molar-refractivity contribution in [3.8, 4) is 0 Å². The number of thiazole rings is 1. The van der Waals surface area contributed by atoms with E-state index in [1.165, 1.54) is 29.8 Å². The van der Waals surface area contributed by atoms with Crippen LogP contribution < -0.4 is 4.80 Å². The summed E-state index contributed by atoms with van der Waals surface area (Å²) in [7, 11) is 1.34. The summed E-state index contributed by atoms with van der Waals surface area (Å²) >= 11 is 6.03. The molecule has 0 spiro atoms. The zero-order valence-corrected chi connectivity index (χ0v) is 16.4. The van der Waals surface area contributed by atoms with Gasteiger partial charge in [0.05, 0.1) is 31.6 Å². The van der Waals surface area contributed by atoms with E-state index in [1.54, 1.807) is 24.3 Å². The van der Waals surface area contributed by atoms with E-state index in [-0.39, 0.29) is 5.91 Å². The van der Waals surface area contributed by atoms with E-state index in [1.807, 2.05) is 16.7 Å². The highest BCUT2D eigenvalue weighted by Crippen LogP contribution is 2.23. The number of ether oxygens (including phenoxy) is 1. The van der Waals surface area contributed by atoms with Gasteiger partial charge >= 0.3 is 5.97 Å². The smallest absolute Gasteiger partial charge is 0.337 e. The second-order valence-corrected chi connectivity index (χ2v) is 8.45. The second kappa shape index (κ2) is 7.47. The fraction of sp³-hybridized carbons (Fsp3) is 0.118. The van der Waals surface area contributed by atoms with Crippen molar-refractivity contribution in [1.82, 2.24) is 4.57 Å². The molecule has 2 heterocycles. The number of carbonyl (C=O) groups is 2. The Balaban J connectivity index is 2.14. The number of hydrogen-bond acceptors (Lipinski definition) is 5. The molecule has 128 valence electrons. The number of hydrogen-bond donors (Lipinski definition) is 0. The van der Waals surface area contributed by atoms with Gasteiger partial charge < -0.3 is 9.30 Å². The lowest BCUT2D eigenvalue weighted by molar-refractivity contribution is 0.0601. The lowest BCUT2D eigenvalue weighted by Crippen LogP contribution is -2.16. The summed E-state index contributed by atoms with van der Waals surface area (Å²) in [5.41, 5.74) is 1.35. The molecule has 0 aliphatic rings. The topological polar surface area (TPSA) is 60.7 Å². The third kappa shape index (κ3) is 3.65. The van der Waals surface area contributed by atoms with Crippen molar-refractivity contribution in [2.24, 2.45) is 4.99 Å². The molecular weight excluding hydrogens is 424 g/mol. The molecule has 2 aromatic heterocycles.